The number of nitrogens with two attached hydrogens (primary N) is 1. The fourth-order valence-electron chi connectivity index (χ4n) is 3.45. The average Bonchev–Trinajstić information content (AvgIpc) is 2.80. The lowest BCUT2D eigenvalue weighted by Gasteiger charge is -2.39. The van der Waals surface area contributed by atoms with Crippen molar-refractivity contribution in [1.82, 2.24) is 9.97 Å². The number of hydrogen-bond acceptors (Lipinski definition) is 4. The van der Waals surface area contributed by atoms with Gasteiger partial charge in [-0.05, 0) is 38.5 Å². The number of aryl methyl sites for hydroxylation is 1. The highest BCUT2D eigenvalue weighted by Crippen LogP contribution is 2.39. The average molecular weight is 232 g/mol. The molecule has 17 heavy (non-hydrogen) atoms. The number of nitrogen functional groups attached to an aromatic ring is 1. The highest BCUT2D eigenvalue weighted by atomic mass is 15.2. The van der Waals surface area contributed by atoms with E-state index in [4.69, 9.17) is 5.73 Å². The van der Waals surface area contributed by atoms with Crippen molar-refractivity contribution in [3.8, 4) is 0 Å². The van der Waals surface area contributed by atoms with Crippen LogP contribution < -0.4 is 10.6 Å². The van der Waals surface area contributed by atoms with E-state index >= 15 is 0 Å². The number of fused-ring (bicyclic) bond motifs is 1. The van der Waals surface area contributed by atoms with E-state index in [1.807, 2.05) is 6.20 Å². The highest BCUT2D eigenvalue weighted by Gasteiger charge is 2.36. The van der Waals surface area contributed by atoms with Crippen LogP contribution in [0.25, 0.3) is 0 Å². The van der Waals surface area contributed by atoms with E-state index in [2.05, 4.69) is 21.8 Å². The van der Waals surface area contributed by atoms with Gasteiger partial charge in [-0.2, -0.15) is 4.98 Å². The third kappa shape index (κ3) is 1.85. The topological polar surface area (TPSA) is 55.0 Å². The Morgan fingerprint density at radius 1 is 1.29 bits per heavy atom. The fraction of sp³-hybridized carbons (Fsp3) is 0.692. The maximum Gasteiger partial charge on any atom is 0.221 e. The van der Waals surface area contributed by atoms with Crippen molar-refractivity contribution in [1.29, 1.82) is 0 Å². The second-order valence-corrected chi connectivity index (χ2v) is 5.33. The summed E-state index contributed by atoms with van der Waals surface area (Å²) in [4.78, 5) is 11.0. The number of rotatable bonds is 1. The normalized spacial score (nSPS) is 28.2. The third-order valence-corrected chi connectivity index (χ3v) is 4.23. The molecule has 3 rings (SSSR count). The van der Waals surface area contributed by atoms with Crippen molar-refractivity contribution in [2.24, 2.45) is 5.92 Å². The summed E-state index contributed by atoms with van der Waals surface area (Å²) in [6.45, 7) is 3.20. The summed E-state index contributed by atoms with van der Waals surface area (Å²) in [5.41, 5.74) is 6.87. The number of piperidine rings is 1. The minimum absolute atomic E-state index is 0.394. The first-order valence-electron chi connectivity index (χ1n) is 6.61. The molecule has 2 unspecified atom stereocenters. The second-order valence-electron chi connectivity index (χ2n) is 5.33. The van der Waals surface area contributed by atoms with Crippen LogP contribution in [0.2, 0.25) is 0 Å². The van der Waals surface area contributed by atoms with Gasteiger partial charge in [-0.15, -0.1) is 0 Å². The first-order valence-corrected chi connectivity index (χ1v) is 6.61. The van der Waals surface area contributed by atoms with Gasteiger partial charge in [0.1, 0.15) is 5.82 Å². The Morgan fingerprint density at radius 2 is 2.12 bits per heavy atom. The van der Waals surface area contributed by atoms with Gasteiger partial charge in [0.25, 0.3) is 0 Å². The molecular formula is C13H20N4. The quantitative estimate of drug-likeness (QED) is 0.806. The molecule has 0 radical (unpaired) electrons. The predicted molar refractivity (Wildman–Crippen MR) is 68.9 cm³/mol. The van der Waals surface area contributed by atoms with Crippen LogP contribution in [-0.2, 0) is 0 Å². The van der Waals surface area contributed by atoms with Gasteiger partial charge in [0.2, 0.25) is 5.95 Å². The summed E-state index contributed by atoms with van der Waals surface area (Å²) >= 11 is 0. The van der Waals surface area contributed by atoms with E-state index in [0.29, 0.717) is 12.0 Å². The molecule has 0 amide bonds. The van der Waals surface area contributed by atoms with Gasteiger partial charge in [0.05, 0.1) is 0 Å². The molecule has 4 heteroatoms. The van der Waals surface area contributed by atoms with Crippen molar-refractivity contribution in [3.05, 3.63) is 11.8 Å². The van der Waals surface area contributed by atoms with Gasteiger partial charge in [0.15, 0.2) is 0 Å². The first-order chi connectivity index (χ1) is 8.25. The number of anilines is 2. The molecule has 4 nitrogen and oxygen atoms in total. The smallest absolute Gasteiger partial charge is 0.221 e. The molecule has 2 fully saturated rings. The summed E-state index contributed by atoms with van der Waals surface area (Å²) in [6, 6.07) is 0.691. The van der Waals surface area contributed by atoms with Crippen molar-refractivity contribution in [2.75, 3.05) is 17.2 Å². The molecule has 0 bridgehead atoms. The Bertz CT molecular complexity index is 418. The molecule has 1 aromatic rings. The monoisotopic (exact) mass is 232 g/mol. The van der Waals surface area contributed by atoms with Crippen LogP contribution in [0.3, 0.4) is 0 Å². The predicted octanol–water partition coefficient (Wildman–Crippen LogP) is 2.14. The molecule has 1 saturated heterocycles. The molecule has 2 aliphatic rings. The van der Waals surface area contributed by atoms with E-state index in [0.717, 1.165) is 23.8 Å². The van der Waals surface area contributed by atoms with E-state index in [-0.39, 0.29) is 0 Å². The van der Waals surface area contributed by atoms with Crippen LogP contribution >= 0.6 is 0 Å². The minimum atomic E-state index is 0.394. The number of hydrogen-bond donors (Lipinski definition) is 1. The highest BCUT2D eigenvalue weighted by molar-refractivity contribution is 5.49. The van der Waals surface area contributed by atoms with Gasteiger partial charge in [0, 0.05) is 24.3 Å². The Labute approximate surface area is 102 Å². The Hall–Kier alpha value is -1.32. The molecule has 0 aromatic carbocycles. The van der Waals surface area contributed by atoms with Gasteiger partial charge in [-0.25, -0.2) is 4.98 Å². The van der Waals surface area contributed by atoms with Crippen LogP contribution in [-0.4, -0.2) is 22.6 Å². The van der Waals surface area contributed by atoms with Gasteiger partial charge < -0.3 is 10.6 Å². The molecule has 2 heterocycles. The number of aromatic nitrogens is 2. The zero-order valence-electron chi connectivity index (χ0n) is 10.4. The largest absolute Gasteiger partial charge is 0.368 e. The third-order valence-electron chi connectivity index (χ3n) is 4.23. The molecule has 1 aliphatic carbocycles. The zero-order valence-corrected chi connectivity index (χ0v) is 10.4. The van der Waals surface area contributed by atoms with Crippen molar-refractivity contribution in [2.45, 2.75) is 45.1 Å². The van der Waals surface area contributed by atoms with E-state index in [1.165, 1.54) is 32.1 Å². The van der Waals surface area contributed by atoms with Crippen molar-refractivity contribution >= 4 is 11.8 Å². The van der Waals surface area contributed by atoms with Gasteiger partial charge in [-0.1, -0.05) is 6.42 Å². The lowest BCUT2D eigenvalue weighted by atomic mass is 9.92. The maximum atomic E-state index is 5.72. The molecule has 2 atom stereocenters. The Kier molecular flexibility index (Phi) is 2.65. The summed E-state index contributed by atoms with van der Waals surface area (Å²) in [6.07, 6.45) is 8.59. The molecule has 2 N–H and O–H groups in total. The van der Waals surface area contributed by atoms with E-state index in [1.54, 1.807) is 0 Å². The lowest BCUT2D eigenvalue weighted by molar-refractivity contribution is 0.360. The van der Waals surface area contributed by atoms with Crippen LogP contribution in [0.4, 0.5) is 11.8 Å². The van der Waals surface area contributed by atoms with Gasteiger partial charge in [-0.3, -0.25) is 0 Å². The zero-order chi connectivity index (χ0) is 11.8. The van der Waals surface area contributed by atoms with Crippen LogP contribution in [0.15, 0.2) is 6.20 Å². The Morgan fingerprint density at radius 3 is 3.00 bits per heavy atom. The van der Waals surface area contributed by atoms with Crippen LogP contribution in [0.5, 0.6) is 0 Å². The summed E-state index contributed by atoms with van der Waals surface area (Å²) in [7, 11) is 0. The lowest BCUT2D eigenvalue weighted by Crippen LogP contribution is -2.43. The molecule has 1 aliphatic heterocycles. The fourth-order valence-corrected chi connectivity index (χ4v) is 3.45. The minimum Gasteiger partial charge on any atom is -0.368 e. The Balaban J connectivity index is 1.94. The molecule has 0 spiro atoms. The first kappa shape index (κ1) is 10.8. The van der Waals surface area contributed by atoms with Crippen molar-refractivity contribution in [3.63, 3.8) is 0 Å². The molecule has 1 aromatic heterocycles. The SMILES string of the molecule is Cc1cnc(N)nc1N1CCCC2CCCC21. The summed E-state index contributed by atoms with van der Waals surface area (Å²) in [5, 5.41) is 0. The summed E-state index contributed by atoms with van der Waals surface area (Å²) in [5.74, 6) is 2.33. The number of nitrogens with zero attached hydrogens (tertiary/aromatic N) is 3. The second kappa shape index (κ2) is 4.17. The molecule has 1 saturated carbocycles. The van der Waals surface area contributed by atoms with E-state index in [9.17, 15) is 0 Å². The van der Waals surface area contributed by atoms with E-state index < -0.39 is 0 Å². The van der Waals surface area contributed by atoms with Crippen LogP contribution in [0.1, 0.15) is 37.7 Å². The van der Waals surface area contributed by atoms with Crippen LogP contribution in [0, 0.1) is 12.8 Å². The van der Waals surface area contributed by atoms with Gasteiger partial charge >= 0.3 is 0 Å². The standard InChI is InChI=1S/C13H20N4/c1-9-8-15-13(14)16-12(9)17-7-3-5-10-4-2-6-11(10)17/h8,10-11H,2-7H2,1H3,(H2,14,15,16). The molecular weight excluding hydrogens is 212 g/mol. The molecule has 92 valence electrons. The van der Waals surface area contributed by atoms with Crippen molar-refractivity contribution < 1.29 is 0 Å². The summed E-state index contributed by atoms with van der Waals surface area (Å²) < 4.78 is 0. The maximum absolute atomic E-state index is 5.72.